The van der Waals surface area contributed by atoms with Crippen LogP contribution in [0.2, 0.25) is 0 Å². The van der Waals surface area contributed by atoms with E-state index >= 15 is 0 Å². The van der Waals surface area contributed by atoms with Crippen LogP contribution in [0.25, 0.3) is 11.1 Å². The number of rotatable bonds is 8. The zero-order chi connectivity index (χ0) is 28.4. The van der Waals surface area contributed by atoms with Gasteiger partial charge in [-0.15, -0.1) is 0 Å². The van der Waals surface area contributed by atoms with Crippen LogP contribution in [0.1, 0.15) is 59.4 Å². The van der Waals surface area contributed by atoms with E-state index < -0.39 is 9.84 Å². The first-order valence-corrected chi connectivity index (χ1v) is 16.6. The lowest BCUT2D eigenvalue weighted by Crippen LogP contribution is -2.26. The Morgan fingerprint density at radius 2 is 1.66 bits per heavy atom. The van der Waals surface area contributed by atoms with Crippen LogP contribution in [-0.2, 0) is 45.1 Å². The highest BCUT2D eigenvalue weighted by molar-refractivity contribution is 7.91. The smallest absolute Gasteiger partial charge is 0.306 e. The summed E-state index contributed by atoms with van der Waals surface area (Å²) in [7, 11) is -1.43. The first-order chi connectivity index (χ1) is 19.9. The summed E-state index contributed by atoms with van der Waals surface area (Å²) < 4.78 is 40.4. The lowest BCUT2D eigenvalue weighted by atomic mass is 9.92. The average Bonchev–Trinajstić information content (AvgIpc) is 3.27. The summed E-state index contributed by atoms with van der Waals surface area (Å²) in [4.78, 5) is 11.7. The number of benzene rings is 3. The molecular weight excluding hydrogens is 536 g/mol. The number of ether oxygens (including phenoxy) is 3. The monoisotopic (exact) mass is 574 g/mol. The summed E-state index contributed by atoms with van der Waals surface area (Å²) >= 11 is 0. The van der Waals surface area contributed by atoms with Crippen LogP contribution in [0.5, 0.6) is 11.5 Å². The van der Waals surface area contributed by atoms with Crippen LogP contribution >= 0.6 is 0 Å². The number of hydrogen-bond donors (Lipinski definition) is 0. The number of aryl methyl sites for hydroxylation is 4. The molecule has 6 nitrogen and oxygen atoms in total. The summed E-state index contributed by atoms with van der Waals surface area (Å²) in [6.45, 7) is 1.10. The minimum atomic E-state index is -2.85. The van der Waals surface area contributed by atoms with Crippen LogP contribution in [-0.4, -0.2) is 46.2 Å². The Kier molecular flexibility index (Phi) is 8.07. The van der Waals surface area contributed by atoms with Gasteiger partial charge in [0, 0.05) is 11.5 Å². The largest absolute Gasteiger partial charge is 0.493 e. The van der Waals surface area contributed by atoms with Crippen molar-refractivity contribution in [2.45, 2.75) is 57.3 Å². The van der Waals surface area contributed by atoms with Crippen LogP contribution in [0, 0.1) is 5.92 Å². The van der Waals surface area contributed by atoms with E-state index in [0.717, 1.165) is 49.2 Å². The number of carbonyl (C=O) groups excluding carboxylic acids is 1. The first kappa shape index (κ1) is 27.8. The second-order valence-electron chi connectivity index (χ2n) is 11.7. The third-order valence-corrected chi connectivity index (χ3v) is 10.6. The van der Waals surface area contributed by atoms with Crippen molar-refractivity contribution in [3.05, 3.63) is 82.4 Å². The summed E-state index contributed by atoms with van der Waals surface area (Å²) in [5.74, 6) is 2.49. The Morgan fingerprint density at radius 1 is 0.902 bits per heavy atom. The lowest BCUT2D eigenvalue weighted by molar-refractivity contribution is -0.141. The van der Waals surface area contributed by atoms with Crippen LogP contribution in [0.4, 0.5) is 0 Å². The van der Waals surface area contributed by atoms with Gasteiger partial charge in [0.1, 0.15) is 21.3 Å². The topological polar surface area (TPSA) is 78.9 Å². The van der Waals surface area contributed by atoms with Crippen molar-refractivity contribution < 1.29 is 27.4 Å². The fourth-order valence-corrected chi connectivity index (χ4v) is 7.97. The molecule has 0 unspecified atom stereocenters. The highest BCUT2D eigenvalue weighted by Gasteiger charge is 2.27. The van der Waals surface area contributed by atoms with E-state index in [1.807, 2.05) is 0 Å². The quantitative estimate of drug-likeness (QED) is 0.313. The van der Waals surface area contributed by atoms with Gasteiger partial charge in [0.15, 0.2) is 0 Å². The molecule has 0 radical (unpaired) electrons. The second kappa shape index (κ2) is 11.9. The van der Waals surface area contributed by atoms with Crippen molar-refractivity contribution in [2.75, 3.05) is 31.8 Å². The van der Waals surface area contributed by atoms with E-state index in [2.05, 4.69) is 54.6 Å². The SMILES string of the molecule is COC(=O)C[C@@H]1COc2cc(CCc3ccc4c(c3)-c3ccc(OCC5CCS(=O)(=O)CC5)cc3CCC4)ccc21. The Morgan fingerprint density at radius 3 is 2.46 bits per heavy atom. The molecule has 7 heteroatoms. The molecule has 1 aliphatic carbocycles. The van der Waals surface area contributed by atoms with E-state index in [9.17, 15) is 13.2 Å². The molecule has 216 valence electrons. The van der Waals surface area contributed by atoms with Gasteiger partial charge in [-0.25, -0.2) is 8.42 Å². The molecule has 0 saturated carbocycles. The van der Waals surface area contributed by atoms with Gasteiger partial charge in [0.05, 0.1) is 38.3 Å². The Bertz CT molecular complexity index is 1530. The molecule has 0 N–H and O–H groups in total. The molecule has 3 aromatic carbocycles. The van der Waals surface area contributed by atoms with Gasteiger partial charge in [-0.1, -0.05) is 36.4 Å². The number of fused-ring (bicyclic) bond motifs is 4. The van der Waals surface area contributed by atoms with Crippen molar-refractivity contribution in [3.8, 4) is 22.6 Å². The molecule has 6 rings (SSSR count). The van der Waals surface area contributed by atoms with Crippen molar-refractivity contribution in [1.29, 1.82) is 0 Å². The maximum atomic E-state index is 11.7. The fraction of sp³-hybridized carbons (Fsp3) is 0.441. The molecule has 41 heavy (non-hydrogen) atoms. The number of methoxy groups -OCH3 is 1. The van der Waals surface area contributed by atoms with Gasteiger partial charge in [0.2, 0.25) is 0 Å². The molecule has 1 atom stereocenters. The Labute approximate surface area is 242 Å². The molecule has 2 aliphatic heterocycles. The Balaban J connectivity index is 1.12. The number of carbonyl (C=O) groups is 1. The second-order valence-corrected chi connectivity index (χ2v) is 14.0. The average molecular weight is 575 g/mol. The predicted octanol–water partition coefficient (Wildman–Crippen LogP) is 5.87. The maximum absolute atomic E-state index is 11.7. The lowest BCUT2D eigenvalue weighted by Gasteiger charge is -2.22. The number of esters is 1. The van der Waals surface area contributed by atoms with Gasteiger partial charge in [-0.2, -0.15) is 0 Å². The number of sulfone groups is 1. The highest BCUT2D eigenvalue weighted by Crippen LogP contribution is 2.38. The molecule has 2 heterocycles. The molecule has 0 amide bonds. The third kappa shape index (κ3) is 6.45. The maximum Gasteiger partial charge on any atom is 0.306 e. The summed E-state index contributed by atoms with van der Waals surface area (Å²) in [5.41, 5.74) is 8.97. The van der Waals surface area contributed by atoms with Crippen LogP contribution in [0.3, 0.4) is 0 Å². The van der Waals surface area contributed by atoms with Crippen molar-refractivity contribution in [1.82, 2.24) is 0 Å². The minimum absolute atomic E-state index is 0.0631. The highest BCUT2D eigenvalue weighted by atomic mass is 32.2. The third-order valence-electron chi connectivity index (χ3n) is 8.89. The van der Waals surface area contributed by atoms with E-state index in [0.29, 0.717) is 38.4 Å². The van der Waals surface area contributed by atoms with Crippen molar-refractivity contribution in [2.24, 2.45) is 5.92 Å². The van der Waals surface area contributed by atoms with E-state index in [1.165, 1.54) is 40.5 Å². The number of hydrogen-bond acceptors (Lipinski definition) is 6. The molecule has 1 fully saturated rings. The van der Waals surface area contributed by atoms with E-state index in [-0.39, 0.29) is 23.4 Å². The van der Waals surface area contributed by atoms with Crippen molar-refractivity contribution >= 4 is 15.8 Å². The molecule has 1 saturated heterocycles. The molecule has 3 aliphatic rings. The molecule has 0 spiro atoms. The van der Waals surface area contributed by atoms with Gasteiger partial charge in [0.25, 0.3) is 0 Å². The summed E-state index contributed by atoms with van der Waals surface area (Å²) in [6.07, 6.45) is 6.77. The molecular formula is C34H38O6S. The fourth-order valence-electron chi connectivity index (χ4n) is 6.38. The summed E-state index contributed by atoms with van der Waals surface area (Å²) in [6, 6.07) is 19.8. The van der Waals surface area contributed by atoms with Gasteiger partial charge in [-0.3, -0.25) is 4.79 Å². The van der Waals surface area contributed by atoms with Crippen LogP contribution < -0.4 is 9.47 Å². The zero-order valence-electron chi connectivity index (χ0n) is 23.7. The van der Waals surface area contributed by atoms with Gasteiger partial charge >= 0.3 is 5.97 Å². The molecule has 0 aromatic heterocycles. The normalized spacial score (nSPS) is 19.3. The minimum Gasteiger partial charge on any atom is -0.493 e. The zero-order valence-corrected chi connectivity index (χ0v) is 24.5. The van der Waals surface area contributed by atoms with Crippen LogP contribution in [0.15, 0.2) is 54.6 Å². The molecule has 0 bridgehead atoms. The van der Waals surface area contributed by atoms with E-state index in [4.69, 9.17) is 14.2 Å². The first-order valence-electron chi connectivity index (χ1n) is 14.8. The van der Waals surface area contributed by atoms with Crippen molar-refractivity contribution in [3.63, 3.8) is 0 Å². The van der Waals surface area contributed by atoms with Gasteiger partial charge in [-0.05, 0) is 102 Å². The standard InChI is InChI=1S/C34H38O6S/c1-38-34(35)20-28-22-40-33-18-24(8-11-31(28)33)6-5-23-7-9-26-3-2-4-27-19-29(10-12-30(27)32(26)17-23)39-21-25-13-15-41(36,37)16-14-25/h7-12,17-19,25,28H,2-6,13-16,20-22H2,1H3/t28-/m1/s1. The van der Waals surface area contributed by atoms with E-state index in [1.54, 1.807) is 0 Å². The van der Waals surface area contributed by atoms with Gasteiger partial charge < -0.3 is 14.2 Å². The Hall–Kier alpha value is -3.32. The molecule has 3 aromatic rings. The summed E-state index contributed by atoms with van der Waals surface area (Å²) in [5, 5.41) is 0. The predicted molar refractivity (Wildman–Crippen MR) is 159 cm³/mol.